The summed E-state index contributed by atoms with van der Waals surface area (Å²) >= 11 is 6.08. The Balaban J connectivity index is 2.05. The Kier molecular flexibility index (Phi) is 3.39. The molecule has 1 N–H and O–H groups in total. The molecule has 1 aromatic heterocycles. The summed E-state index contributed by atoms with van der Waals surface area (Å²) < 4.78 is 5.84. The quantitative estimate of drug-likeness (QED) is 0.786. The van der Waals surface area contributed by atoms with Gasteiger partial charge in [-0.3, -0.25) is 0 Å². The SMILES string of the molecule is CNc1ncc(Cl)c(Oc2cccc3ccccc23)n1. The standard InChI is InChI=1S/C15H12ClN3O/c1-17-15-18-9-12(16)14(19-15)20-13-8-4-6-10-5-2-3-7-11(10)13/h2-9H,1H3,(H,17,18,19). The Morgan fingerprint density at radius 2 is 1.90 bits per heavy atom. The third kappa shape index (κ3) is 2.38. The van der Waals surface area contributed by atoms with Gasteiger partial charge in [0.25, 0.3) is 0 Å². The van der Waals surface area contributed by atoms with Gasteiger partial charge in [-0.1, -0.05) is 48.0 Å². The van der Waals surface area contributed by atoms with Gasteiger partial charge in [0.15, 0.2) is 0 Å². The minimum Gasteiger partial charge on any atom is -0.437 e. The highest BCUT2D eigenvalue weighted by atomic mass is 35.5. The van der Waals surface area contributed by atoms with Crippen molar-refractivity contribution < 1.29 is 4.74 Å². The van der Waals surface area contributed by atoms with Gasteiger partial charge in [-0.05, 0) is 11.5 Å². The second kappa shape index (κ2) is 5.35. The van der Waals surface area contributed by atoms with E-state index >= 15 is 0 Å². The summed E-state index contributed by atoms with van der Waals surface area (Å²) in [5.41, 5.74) is 0. The average molecular weight is 286 g/mol. The van der Waals surface area contributed by atoms with Crippen molar-refractivity contribution in [2.45, 2.75) is 0 Å². The van der Waals surface area contributed by atoms with Crippen LogP contribution in [0.2, 0.25) is 5.02 Å². The number of hydrogen-bond donors (Lipinski definition) is 1. The molecule has 4 nitrogen and oxygen atoms in total. The predicted octanol–water partition coefficient (Wildman–Crippen LogP) is 4.12. The molecule has 0 aliphatic carbocycles. The molecule has 5 heteroatoms. The van der Waals surface area contributed by atoms with Crippen molar-refractivity contribution in [1.82, 2.24) is 9.97 Å². The summed E-state index contributed by atoms with van der Waals surface area (Å²) in [6, 6.07) is 13.8. The van der Waals surface area contributed by atoms with Crippen LogP contribution in [-0.2, 0) is 0 Å². The molecule has 0 aliphatic rings. The molecule has 0 saturated carbocycles. The fourth-order valence-corrected chi connectivity index (χ4v) is 2.06. The van der Waals surface area contributed by atoms with Crippen LogP contribution in [0.25, 0.3) is 10.8 Å². The molecule has 0 fully saturated rings. The number of aromatic nitrogens is 2. The Morgan fingerprint density at radius 1 is 1.10 bits per heavy atom. The Hall–Kier alpha value is -2.33. The van der Waals surface area contributed by atoms with Crippen LogP contribution in [0, 0.1) is 0 Å². The number of fused-ring (bicyclic) bond motifs is 1. The molecule has 3 aromatic rings. The molecule has 1 heterocycles. The number of nitrogens with zero attached hydrogens (tertiary/aromatic N) is 2. The molecule has 0 atom stereocenters. The molecule has 0 radical (unpaired) electrons. The van der Waals surface area contributed by atoms with E-state index < -0.39 is 0 Å². The first-order valence-corrected chi connectivity index (χ1v) is 6.51. The fraction of sp³-hybridized carbons (Fsp3) is 0.0667. The molecule has 2 aromatic carbocycles. The average Bonchev–Trinajstić information content (AvgIpc) is 2.50. The van der Waals surface area contributed by atoms with E-state index in [1.54, 1.807) is 7.05 Å². The van der Waals surface area contributed by atoms with Crippen molar-refractivity contribution in [2.75, 3.05) is 12.4 Å². The molecule has 0 aliphatic heterocycles. The molecular weight excluding hydrogens is 274 g/mol. The second-order valence-electron chi connectivity index (χ2n) is 4.18. The molecule has 3 rings (SSSR count). The van der Waals surface area contributed by atoms with Crippen LogP contribution in [-0.4, -0.2) is 17.0 Å². The van der Waals surface area contributed by atoms with Crippen LogP contribution in [0.1, 0.15) is 0 Å². The zero-order chi connectivity index (χ0) is 13.9. The molecule has 100 valence electrons. The van der Waals surface area contributed by atoms with E-state index in [2.05, 4.69) is 15.3 Å². The van der Waals surface area contributed by atoms with E-state index in [9.17, 15) is 0 Å². The van der Waals surface area contributed by atoms with E-state index in [0.717, 1.165) is 10.8 Å². The molecular formula is C15H12ClN3O. The molecule has 0 saturated heterocycles. The third-order valence-electron chi connectivity index (χ3n) is 2.89. The van der Waals surface area contributed by atoms with Crippen LogP contribution in [0.5, 0.6) is 11.6 Å². The van der Waals surface area contributed by atoms with Gasteiger partial charge < -0.3 is 10.1 Å². The zero-order valence-electron chi connectivity index (χ0n) is 10.8. The summed E-state index contributed by atoms with van der Waals surface area (Å²) in [6.45, 7) is 0. The highest BCUT2D eigenvalue weighted by molar-refractivity contribution is 6.31. The third-order valence-corrected chi connectivity index (χ3v) is 3.15. The fourth-order valence-electron chi connectivity index (χ4n) is 1.93. The first kappa shape index (κ1) is 12.7. The van der Waals surface area contributed by atoms with Gasteiger partial charge >= 0.3 is 0 Å². The smallest absolute Gasteiger partial charge is 0.243 e. The van der Waals surface area contributed by atoms with Gasteiger partial charge in [-0.2, -0.15) is 4.98 Å². The van der Waals surface area contributed by atoms with Gasteiger partial charge in [-0.25, -0.2) is 4.98 Å². The lowest BCUT2D eigenvalue weighted by atomic mass is 10.1. The summed E-state index contributed by atoms with van der Waals surface area (Å²) in [7, 11) is 1.74. The summed E-state index contributed by atoms with van der Waals surface area (Å²) in [4.78, 5) is 8.24. The van der Waals surface area contributed by atoms with E-state index in [4.69, 9.17) is 16.3 Å². The lowest BCUT2D eigenvalue weighted by Gasteiger charge is -2.10. The number of hydrogen-bond acceptors (Lipinski definition) is 4. The summed E-state index contributed by atoms with van der Waals surface area (Å²) in [6.07, 6.45) is 1.51. The zero-order valence-corrected chi connectivity index (χ0v) is 11.6. The number of ether oxygens (including phenoxy) is 1. The first-order valence-electron chi connectivity index (χ1n) is 6.14. The van der Waals surface area contributed by atoms with Crippen molar-refractivity contribution in [3.8, 4) is 11.6 Å². The molecule has 0 spiro atoms. The van der Waals surface area contributed by atoms with Crippen LogP contribution >= 0.6 is 11.6 Å². The summed E-state index contributed by atoms with van der Waals surface area (Å²) in [5, 5.41) is 5.34. The number of halogens is 1. The molecule has 0 bridgehead atoms. The lowest BCUT2D eigenvalue weighted by molar-refractivity contribution is 0.468. The summed E-state index contributed by atoms with van der Waals surface area (Å²) in [5.74, 6) is 1.51. The normalized spacial score (nSPS) is 10.5. The maximum Gasteiger partial charge on any atom is 0.243 e. The second-order valence-corrected chi connectivity index (χ2v) is 4.58. The Morgan fingerprint density at radius 3 is 2.75 bits per heavy atom. The van der Waals surface area contributed by atoms with Crippen LogP contribution < -0.4 is 10.1 Å². The van der Waals surface area contributed by atoms with Crippen LogP contribution in [0.3, 0.4) is 0 Å². The Labute approximate surface area is 121 Å². The highest BCUT2D eigenvalue weighted by Crippen LogP contribution is 2.32. The van der Waals surface area contributed by atoms with Crippen molar-refractivity contribution in [3.05, 3.63) is 53.7 Å². The molecule has 20 heavy (non-hydrogen) atoms. The largest absolute Gasteiger partial charge is 0.437 e. The van der Waals surface area contributed by atoms with Gasteiger partial charge in [0, 0.05) is 12.4 Å². The van der Waals surface area contributed by atoms with E-state index in [1.807, 2.05) is 42.5 Å². The van der Waals surface area contributed by atoms with E-state index in [1.165, 1.54) is 6.20 Å². The van der Waals surface area contributed by atoms with Gasteiger partial charge in [0.05, 0.1) is 6.20 Å². The van der Waals surface area contributed by atoms with Gasteiger partial charge in [0.2, 0.25) is 11.8 Å². The van der Waals surface area contributed by atoms with Crippen LogP contribution in [0.15, 0.2) is 48.7 Å². The number of anilines is 1. The van der Waals surface area contributed by atoms with E-state index in [-0.39, 0.29) is 0 Å². The predicted molar refractivity (Wildman–Crippen MR) is 80.6 cm³/mol. The highest BCUT2D eigenvalue weighted by Gasteiger charge is 2.09. The van der Waals surface area contributed by atoms with Gasteiger partial charge in [-0.15, -0.1) is 0 Å². The van der Waals surface area contributed by atoms with Crippen molar-refractivity contribution in [1.29, 1.82) is 0 Å². The minimum atomic E-state index is 0.336. The minimum absolute atomic E-state index is 0.336. The first-order chi connectivity index (χ1) is 9.78. The van der Waals surface area contributed by atoms with Crippen LogP contribution in [0.4, 0.5) is 5.95 Å². The maximum atomic E-state index is 6.08. The van der Waals surface area contributed by atoms with E-state index in [0.29, 0.717) is 22.6 Å². The topological polar surface area (TPSA) is 47.0 Å². The number of rotatable bonds is 3. The lowest BCUT2D eigenvalue weighted by Crippen LogP contribution is -1.98. The molecule has 0 amide bonds. The van der Waals surface area contributed by atoms with Crippen molar-refractivity contribution in [2.24, 2.45) is 0 Å². The monoisotopic (exact) mass is 285 g/mol. The maximum absolute atomic E-state index is 6.08. The van der Waals surface area contributed by atoms with Gasteiger partial charge in [0.1, 0.15) is 10.8 Å². The van der Waals surface area contributed by atoms with Crippen molar-refractivity contribution >= 4 is 28.3 Å². The number of benzene rings is 2. The Bertz CT molecular complexity index is 756. The number of nitrogens with one attached hydrogen (secondary N) is 1. The molecule has 0 unspecified atom stereocenters. The van der Waals surface area contributed by atoms with Crippen molar-refractivity contribution in [3.63, 3.8) is 0 Å².